The summed E-state index contributed by atoms with van der Waals surface area (Å²) in [6.45, 7) is 6.66. The van der Waals surface area contributed by atoms with Gasteiger partial charge in [-0.3, -0.25) is 9.69 Å². The minimum Gasteiger partial charge on any atom is -0.385 e. The topological polar surface area (TPSA) is 65.1 Å². The summed E-state index contributed by atoms with van der Waals surface area (Å²) >= 11 is 0. The molecule has 0 radical (unpaired) electrons. The molecule has 23 heavy (non-hydrogen) atoms. The Bertz CT molecular complexity index is 410. The summed E-state index contributed by atoms with van der Waals surface area (Å²) in [7, 11) is 3.52. The Hall–Kier alpha value is -1.34. The first kappa shape index (κ1) is 18.0. The lowest BCUT2D eigenvalue weighted by atomic mass is 10.0. The summed E-state index contributed by atoms with van der Waals surface area (Å²) in [6, 6.07) is 0.350. The molecule has 0 aromatic carbocycles. The molecule has 2 rings (SSSR count). The van der Waals surface area contributed by atoms with Crippen LogP contribution in [0.25, 0.3) is 0 Å². The van der Waals surface area contributed by atoms with Crippen LogP contribution in [0.5, 0.6) is 0 Å². The molecule has 0 spiro atoms. The fourth-order valence-corrected chi connectivity index (χ4v) is 3.33. The molecule has 7 heteroatoms. The van der Waals surface area contributed by atoms with Gasteiger partial charge in [0.15, 0.2) is 0 Å². The van der Waals surface area contributed by atoms with Crippen LogP contribution in [-0.4, -0.2) is 92.2 Å². The van der Waals surface area contributed by atoms with E-state index in [1.54, 1.807) is 12.0 Å². The first-order chi connectivity index (χ1) is 11.0. The van der Waals surface area contributed by atoms with Crippen LogP contribution in [0.2, 0.25) is 0 Å². The van der Waals surface area contributed by atoms with E-state index in [0.717, 1.165) is 45.4 Å². The highest BCUT2D eigenvalue weighted by Crippen LogP contribution is 2.21. The van der Waals surface area contributed by atoms with Crippen LogP contribution in [0.1, 0.15) is 26.2 Å². The lowest BCUT2D eigenvalue weighted by molar-refractivity contribution is -0.126. The standard InChI is InChI=1S/C16H30N4O3/c1-13(15(21)17-7-4-12-23-3)19-8-5-14(6-9-19)20-11-10-18(2)16(20)22/h13-14H,4-12H2,1-3H3,(H,17,21). The Labute approximate surface area is 138 Å². The summed E-state index contributed by atoms with van der Waals surface area (Å²) in [5.74, 6) is 0.0801. The number of piperidine rings is 1. The minimum absolute atomic E-state index is 0.0801. The first-order valence-corrected chi connectivity index (χ1v) is 8.57. The van der Waals surface area contributed by atoms with Crippen molar-refractivity contribution in [3.8, 4) is 0 Å². The van der Waals surface area contributed by atoms with E-state index < -0.39 is 0 Å². The Kier molecular flexibility index (Phi) is 6.65. The summed E-state index contributed by atoms with van der Waals surface area (Å²) in [5, 5.41) is 2.96. The molecule has 0 aromatic rings. The van der Waals surface area contributed by atoms with Crippen molar-refractivity contribution in [3.63, 3.8) is 0 Å². The van der Waals surface area contributed by atoms with Crippen molar-refractivity contribution >= 4 is 11.9 Å². The number of likely N-dealkylation sites (tertiary alicyclic amines) is 1. The number of urea groups is 1. The van der Waals surface area contributed by atoms with Crippen LogP contribution in [0.4, 0.5) is 4.79 Å². The van der Waals surface area contributed by atoms with Gasteiger partial charge in [-0.1, -0.05) is 0 Å². The van der Waals surface area contributed by atoms with E-state index in [-0.39, 0.29) is 18.0 Å². The highest BCUT2D eigenvalue weighted by atomic mass is 16.5. The number of nitrogens with one attached hydrogen (secondary N) is 1. The second-order valence-electron chi connectivity index (χ2n) is 6.48. The Morgan fingerprint density at radius 2 is 2.00 bits per heavy atom. The number of nitrogens with zero attached hydrogens (tertiary/aromatic N) is 3. The van der Waals surface area contributed by atoms with Gasteiger partial charge in [0, 0.05) is 59.5 Å². The van der Waals surface area contributed by atoms with Crippen molar-refractivity contribution in [1.82, 2.24) is 20.0 Å². The average Bonchev–Trinajstić information content (AvgIpc) is 2.90. The highest BCUT2D eigenvalue weighted by Gasteiger charge is 2.35. The van der Waals surface area contributed by atoms with Gasteiger partial charge in [0.05, 0.1) is 6.04 Å². The van der Waals surface area contributed by atoms with E-state index in [4.69, 9.17) is 4.74 Å². The Morgan fingerprint density at radius 3 is 2.57 bits per heavy atom. The van der Waals surface area contributed by atoms with Gasteiger partial charge in [0.1, 0.15) is 0 Å². The SMILES string of the molecule is COCCCNC(=O)C(C)N1CCC(N2CCN(C)C2=O)CC1. The molecular weight excluding hydrogens is 296 g/mol. The van der Waals surface area contributed by atoms with Crippen LogP contribution >= 0.6 is 0 Å². The number of carbonyl (C=O) groups is 2. The largest absolute Gasteiger partial charge is 0.385 e. The van der Waals surface area contributed by atoms with E-state index in [1.807, 2.05) is 18.9 Å². The number of likely N-dealkylation sites (N-methyl/N-ethyl adjacent to an activating group) is 1. The van der Waals surface area contributed by atoms with Crippen molar-refractivity contribution in [3.05, 3.63) is 0 Å². The van der Waals surface area contributed by atoms with Gasteiger partial charge in [-0.15, -0.1) is 0 Å². The van der Waals surface area contributed by atoms with E-state index in [9.17, 15) is 9.59 Å². The molecule has 2 heterocycles. The second kappa shape index (κ2) is 8.49. The summed E-state index contributed by atoms with van der Waals surface area (Å²) < 4.78 is 4.98. The van der Waals surface area contributed by atoms with Crippen LogP contribution < -0.4 is 5.32 Å². The third-order valence-electron chi connectivity index (χ3n) is 4.94. The van der Waals surface area contributed by atoms with E-state index >= 15 is 0 Å². The first-order valence-electron chi connectivity index (χ1n) is 8.57. The summed E-state index contributed by atoms with van der Waals surface area (Å²) in [4.78, 5) is 30.2. The quantitative estimate of drug-likeness (QED) is 0.686. The van der Waals surface area contributed by atoms with Gasteiger partial charge in [-0.05, 0) is 26.2 Å². The molecular formula is C16H30N4O3. The maximum atomic E-state index is 12.2. The monoisotopic (exact) mass is 326 g/mol. The molecule has 0 bridgehead atoms. The predicted molar refractivity (Wildman–Crippen MR) is 88.3 cm³/mol. The van der Waals surface area contributed by atoms with Crippen LogP contribution in [-0.2, 0) is 9.53 Å². The van der Waals surface area contributed by atoms with Crippen molar-refractivity contribution < 1.29 is 14.3 Å². The van der Waals surface area contributed by atoms with Crippen molar-refractivity contribution in [2.75, 3.05) is 53.5 Å². The molecule has 1 atom stereocenters. The van der Waals surface area contributed by atoms with Gasteiger partial charge >= 0.3 is 6.03 Å². The van der Waals surface area contributed by atoms with Crippen molar-refractivity contribution in [2.45, 2.75) is 38.3 Å². The molecule has 0 aliphatic carbocycles. The number of methoxy groups -OCH3 is 1. The van der Waals surface area contributed by atoms with Gasteiger partial charge in [-0.25, -0.2) is 4.79 Å². The van der Waals surface area contributed by atoms with Gasteiger partial charge in [-0.2, -0.15) is 0 Å². The third kappa shape index (κ3) is 4.57. The Morgan fingerprint density at radius 1 is 1.30 bits per heavy atom. The molecule has 132 valence electrons. The minimum atomic E-state index is -0.115. The zero-order valence-corrected chi connectivity index (χ0v) is 14.6. The molecule has 2 aliphatic rings. The Balaban J connectivity index is 1.73. The highest BCUT2D eigenvalue weighted by molar-refractivity contribution is 5.81. The number of ether oxygens (including phenoxy) is 1. The molecule has 1 N–H and O–H groups in total. The number of hydrogen-bond acceptors (Lipinski definition) is 4. The number of hydrogen-bond donors (Lipinski definition) is 1. The smallest absolute Gasteiger partial charge is 0.320 e. The summed E-state index contributed by atoms with van der Waals surface area (Å²) in [5.41, 5.74) is 0. The fourth-order valence-electron chi connectivity index (χ4n) is 3.33. The second-order valence-corrected chi connectivity index (χ2v) is 6.48. The van der Waals surface area contributed by atoms with Crippen LogP contribution in [0, 0.1) is 0 Å². The molecule has 2 fully saturated rings. The molecule has 0 saturated carbocycles. The van der Waals surface area contributed by atoms with E-state index in [0.29, 0.717) is 19.2 Å². The zero-order chi connectivity index (χ0) is 16.8. The molecule has 3 amide bonds. The van der Waals surface area contributed by atoms with Gasteiger partial charge in [0.25, 0.3) is 0 Å². The summed E-state index contributed by atoms with van der Waals surface area (Å²) in [6.07, 6.45) is 2.73. The number of carbonyl (C=O) groups excluding carboxylic acids is 2. The number of rotatable bonds is 7. The maximum Gasteiger partial charge on any atom is 0.320 e. The van der Waals surface area contributed by atoms with Crippen molar-refractivity contribution in [2.24, 2.45) is 0 Å². The van der Waals surface area contributed by atoms with Gasteiger partial charge < -0.3 is 19.9 Å². The molecule has 0 aromatic heterocycles. The number of amides is 3. The fraction of sp³-hybridized carbons (Fsp3) is 0.875. The molecule has 7 nitrogen and oxygen atoms in total. The maximum absolute atomic E-state index is 12.2. The molecule has 1 unspecified atom stereocenters. The average molecular weight is 326 g/mol. The van der Waals surface area contributed by atoms with E-state index in [2.05, 4.69) is 10.2 Å². The lowest BCUT2D eigenvalue weighted by Gasteiger charge is -2.38. The van der Waals surface area contributed by atoms with Crippen molar-refractivity contribution in [1.29, 1.82) is 0 Å². The molecule has 2 aliphatic heterocycles. The molecule has 2 saturated heterocycles. The van der Waals surface area contributed by atoms with Crippen LogP contribution in [0.3, 0.4) is 0 Å². The van der Waals surface area contributed by atoms with Crippen LogP contribution in [0.15, 0.2) is 0 Å². The lowest BCUT2D eigenvalue weighted by Crippen LogP contribution is -2.52. The third-order valence-corrected chi connectivity index (χ3v) is 4.94. The zero-order valence-electron chi connectivity index (χ0n) is 14.6. The van der Waals surface area contributed by atoms with E-state index in [1.165, 1.54) is 0 Å². The van der Waals surface area contributed by atoms with Gasteiger partial charge in [0.2, 0.25) is 5.91 Å². The predicted octanol–water partition coefficient (Wildman–Crippen LogP) is 0.359. The normalized spacial score (nSPS) is 21.8.